The largest absolute Gasteiger partial charge is 0.503 e. The smallest absolute Gasteiger partial charge is 0.410 e. The third-order valence-electron chi connectivity index (χ3n) is 2.16. The lowest BCUT2D eigenvalue weighted by molar-refractivity contribution is -0.127. The first-order valence-corrected chi connectivity index (χ1v) is 5.23. The van der Waals surface area contributed by atoms with Crippen molar-refractivity contribution in [1.82, 2.24) is 4.90 Å². The number of hydrogen-bond acceptors (Lipinski definition) is 3. The Morgan fingerprint density at radius 1 is 1.53 bits per heavy atom. The molecule has 1 aliphatic rings. The number of aliphatic hydroxyl groups excluding tert-OH is 1. The number of carbonyl (C=O) groups is 1. The zero-order chi connectivity index (χ0) is 13.4. The Labute approximate surface area is 105 Å². The van der Waals surface area contributed by atoms with Crippen molar-refractivity contribution in [3.05, 3.63) is 22.6 Å². The molecular formula is C9H8Cl2F3NO2. The number of nitrogens with zero attached hydrogens (tertiary/aromatic N) is 1. The third kappa shape index (κ3) is 2.87. The molecule has 0 radical (unpaired) electrons. The summed E-state index contributed by atoms with van der Waals surface area (Å²) in [6.07, 6.45) is -3.57. The fourth-order valence-corrected chi connectivity index (χ4v) is 1.72. The fraction of sp³-hybridized carbons (Fsp3) is 0.444. The molecular weight excluding hydrogens is 282 g/mol. The summed E-state index contributed by atoms with van der Waals surface area (Å²) < 4.78 is 37.4. The van der Waals surface area contributed by atoms with Crippen molar-refractivity contribution in [2.45, 2.75) is 11.6 Å². The minimum atomic E-state index is -4.77. The fourth-order valence-electron chi connectivity index (χ4n) is 1.29. The van der Waals surface area contributed by atoms with Gasteiger partial charge in [0.25, 0.3) is 0 Å². The van der Waals surface area contributed by atoms with Crippen LogP contribution in [0.3, 0.4) is 0 Å². The summed E-state index contributed by atoms with van der Waals surface area (Å²) in [6.45, 7) is -0.0523. The number of Topliss-reactive ketones (excluding diaryl/α,β-unsaturated/α-hetero) is 1. The summed E-state index contributed by atoms with van der Waals surface area (Å²) in [6, 6.07) is 0. The molecule has 1 heterocycles. The molecule has 0 aromatic heterocycles. The molecule has 96 valence electrons. The van der Waals surface area contributed by atoms with Gasteiger partial charge < -0.3 is 10.0 Å². The van der Waals surface area contributed by atoms with Gasteiger partial charge in [-0.2, -0.15) is 13.2 Å². The topological polar surface area (TPSA) is 40.5 Å². The second-order valence-electron chi connectivity index (χ2n) is 3.40. The molecule has 0 aliphatic carbocycles. The zero-order valence-electron chi connectivity index (χ0n) is 8.55. The predicted octanol–water partition coefficient (Wildman–Crippen LogP) is 2.56. The van der Waals surface area contributed by atoms with Crippen LogP contribution in [-0.2, 0) is 4.79 Å². The van der Waals surface area contributed by atoms with E-state index in [1.165, 1.54) is 13.1 Å². The van der Waals surface area contributed by atoms with Crippen LogP contribution in [0.15, 0.2) is 22.6 Å². The number of likely N-dealkylation sites (N-methyl/N-ethyl adjacent to an activating group) is 1. The van der Waals surface area contributed by atoms with Crippen LogP contribution >= 0.6 is 23.2 Å². The second-order valence-corrected chi connectivity index (χ2v) is 4.24. The lowest BCUT2D eigenvalue weighted by Crippen LogP contribution is -2.35. The van der Waals surface area contributed by atoms with Crippen molar-refractivity contribution in [3.8, 4) is 0 Å². The monoisotopic (exact) mass is 289 g/mol. The Bertz CT molecular complexity index is 404. The minimum Gasteiger partial charge on any atom is -0.503 e. The predicted molar refractivity (Wildman–Crippen MR) is 56.9 cm³/mol. The number of carbonyl (C=O) groups excluding carboxylic acids is 1. The zero-order valence-corrected chi connectivity index (χ0v) is 10.1. The van der Waals surface area contributed by atoms with E-state index in [9.17, 15) is 23.1 Å². The number of ketones is 1. The molecule has 1 atom stereocenters. The van der Waals surface area contributed by atoms with Gasteiger partial charge in [0, 0.05) is 13.6 Å². The Balaban J connectivity index is 3.25. The molecule has 0 fully saturated rings. The van der Waals surface area contributed by atoms with Gasteiger partial charge in [-0.25, -0.2) is 0 Å². The van der Waals surface area contributed by atoms with Crippen LogP contribution in [0.5, 0.6) is 0 Å². The summed E-state index contributed by atoms with van der Waals surface area (Å²) in [5, 5.41) is 6.67. The highest BCUT2D eigenvalue weighted by molar-refractivity contribution is 6.45. The molecule has 3 nitrogen and oxygen atoms in total. The van der Waals surface area contributed by atoms with Crippen LogP contribution in [0.2, 0.25) is 0 Å². The number of alkyl halides is 4. The first kappa shape index (κ1) is 14.2. The first-order valence-electron chi connectivity index (χ1n) is 4.41. The number of halogens is 5. The van der Waals surface area contributed by atoms with E-state index in [2.05, 4.69) is 0 Å². The van der Waals surface area contributed by atoms with Gasteiger partial charge >= 0.3 is 6.18 Å². The summed E-state index contributed by atoms with van der Waals surface area (Å²) in [5.41, 5.74) is -0.698. The number of hydrogen-bond donors (Lipinski definition) is 1. The van der Waals surface area contributed by atoms with E-state index in [4.69, 9.17) is 23.2 Å². The van der Waals surface area contributed by atoms with Crippen LogP contribution < -0.4 is 0 Å². The van der Waals surface area contributed by atoms with Crippen LogP contribution in [0.25, 0.3) is 0 Å². The maximum atomic E-state index is 12.5. The molecule has 0 bridgehead atoms. The van der Waals surface area contributed by atoms with Crippen molar-refractivity contribution < 1.29 is 23.1 Å². The van der Waals surface area contributed by atoms with Gasteiger partial charge in [-0.3, -0.25) is 4.79 Å². The molecule has 0 saturated heterocycles. The highest BCUT2D eigenvalue weighted by Crippen LogP contribution is 2.34. The van der Waals surface area contributed by atoms with Gasteiger partial charge in [0.1, 0.15) is 0 Å². The van der Waals surface area contributed by atoms with Crippen LogP contribution in [0, 0.1) is 0 Å². The molecule has 0 aromatic rings. The Morgan fingerprint density at radius 2 is 2.06 bits per heavy atom. The molecule has 17 heavy (non-hydrogen) atoms. The van der Waals surface area contributed by atoms with Gasteiger partial charge in [0.15, 0.2) is 11.1 Å². The van der Waals surface area contributed by atoms with Gasteiger partial charge in [0.2, 0.25) is 5.78 Å². The Hall–Kier alpha value is -0.880. The summed E-state index contributed by atoms with van der Waals surface area (Å²) in [5.74, 6) is -2.15. The lowest BCUT2D eigenvalue weighted by Gasteiger charge is -2.25. The number of rotatable bonds is 1. The van der Waals surface area contributed by atoms with Crippen LogP contribution in [0.4, 0.5) is 13.2 Å². The quantitative estimate of drug-likeness (QED) is 0.754. The first-order chi connectivity index (χ1) is 7.66. The lowest BCUT2D eigenvalue weighted by atomic mass is 10.2. The van der Waals surface area contributed by atoms with Crippen molar-refractivity contribution in [2.24, 2.45) is 0 Å². The maximum absolute atomic E-state index is 12.5. The summed E-state index contributed by atoms with van der Waals surface area (Å²) in [7, 11) is 1.27. The van der Waals surface area contributed by atoms with E-state index < -0.39 is 28.8 Å². The molecule has 1 aliphatic heterocycles. The average Bonchev–Trinajstić information content (AvgIpc) is 2.30. The molecule has 0 aromatic carbocycles. The van der Waals surface area contributed by atoms with Gasteiger partial charge in [-0.05, 0) is 6.08 Å². The molecule has 0 amide bonds. The number of allylic oxidation sites excluding steroid dienone is 2. The molecule has 0 spiro atoms. The molecule has 0 saturated carbocycles. The van der Waals surface area contributed by atoms with E-state index in [0.29, 0.717) is 0 Å². The number of aliphatic hydroxyl groups is 1. The van der Waals surface area contributed by atoms with E-state index in [0.717, 1.165) is 4.90 Å². The maximum Gasteiger partial charge on any atom is 0.410 e. The van der Waals surface area contributed by atoms with Crippen molar-refractivity contribution >= 4 is 29.0 Å². The SMILES string of the molecule is CN1CC=C(Cl)C(=O)C(O)=C1C(Cl)C(F)(F)F. The highest BCUT2D eigenvalue weighted by Gasteiger charge is 2.45. The van der Waals surface area contributed by atoms with Crippen molar-refractivity contribution in [2.75, 3.05) is 13.6 Å². The van der Waals surface area contributed by atoms with Crippen molar-refractivity contribution in [1.29, 1.82) is 0 Å². The standard InChI is InChI=1S/C9H8Cl2F3NO2/c1-15-3-2-4(10)6(16)7(17)5(15)8(11)9(12,13)14/h2,8,17H,3H2,1H3. The van der Waals surface area contributed by atoms with E-state index in [-0.39, 0.29) is 11.6 Å². The van der Waals surface area contributed by atoms with E-state index >= 15 is 0 Å². The Morgan fingerprint density at radius 3 is 2.53 bits per heavy atom. The Kier molecular flexibility index (Phi) is 3.99. The second kappa shape index (κ2) is 4.78. The van der Waals surface area contributed by atoms with Gasteiger partial charge in [-0.15, -0.1) is 11.6 Å². The molecule has 1 rings (SSSR count). The molecule has 8 heteroatoms. The molecule has 1 N–H and O–H groups in total. The van der Waals surface area contributed by atoms with Gasteiger partial charge in [-0.1, -0.05) is 11.6 Å². The van der Waals surface area contributed by atoms with Crippen LogP contribution in [-0.4, -0.2) is 40.9 Å². The molecule has 1 unspecified atom stereocenters. The van der Waals surface area contributed by atoms with Crippen molar-refractivity contribution in [3.63, 3.8) is 0 Å². The highest BCUT2D eigenvalue weighted by atomic mass is 35.5. The normalized spacial score (nSPS) is 20.2. The van der Waals surface area contributed by atoms with E-state index in [1.54, 1.807) is 0 Å². The van der Waals surface area contributed by atoms with Gasteiger partial charge in [0.05, 0.1) is 10.7 Å². The van der Waals surface area contributed by atoms with Crippen LogP contribution in [0.1, 0.15) is 0 Å². The summed E-state index contributed by atoms with van der Waals surface area (Å²) in [4.78, 5) is 12.4. The average molecular weight is 290 g/mol. The van der Waals surface area contributed by atoms with E-state index in [1.807, 2.05) is 0 Å². The third-order valence-corrected chi connectivity index (χ3v) is 2.94. The minimum absolute atomic E-state index is 0.0523. The summed E-state index contributed by atoms with van der Waals surface area (Å²) >= 11 is 10.7.